The molecule has 0 amide bonds. The first kappa shape index (κ1) is 14.3. The van der Waals surface area contributed by atoms with Crippen LogP contribution >= 0.6 is 0 Å². The number of sulfone groups is 1. The quantitative estimate of drug-likeness (QED) is 0.761. The number of nitrogens with two attached hydrogens (primary N) is 1. The van der Waals surface area contributed by atoms with Crippen molar-refractivity contribution >= 4 is 9.84 Å². The van der Waals surface area contributed by atoms with Gasteiger partial charge in [0.25, 0.3) is 0 Å². The van der Waals surface area contributed by atoms with Gasteiger partial charge < -0.3 is 10.5 Å². The maximum Gasteiger partial charge on any atom is 0.150 e. The van der Waals surface area contributed by atoms with Gasteiger partial charge in [0.05, 0.1) is 11.9 Å². The van der Waals surface area contributed by atoms with Crippen LogP contribution < -0.4 is 5.73 Å². The van der Waals surface area contributed by atoms with E-state index in [1.165, 1.54) is 12.8 Å². The third-order valence-corrected chi connectivity index (χ3v) is 6.32. The molecule has 1 aliphatic heterocycles. The van der Waals surface area contributed by atoms with Crippen LogP contribution in [0, 0.1) is 11.3 Å². The lowest BCUT2D eigenvalue weighted by atomic mass is 9.75. The van der Waals surface area contributed by atoms with Crippen LogP contribution in [0.25, 0.3) is 0 Å². The van der Waals surface area contributed by atoms with Crippen molar-refractivity contribution in [3.63, 3.8) is 0 Å². The van der Waals surface area contributed by atoms with Crippen LogP contribution in [-0.4, -0.2) is 39.2 Å². The highest BCUT2D eigenvalue weighted by molar-refractivity contribution is 7.91. The molecule has 1 aliphatic carbocycles. The van der Waals surface area contributed by atoms with E-state index in [1.807, 2.05) is 0 Å². The zero-order valence-electron chi connectivity index (χ0n) is 11.2. The average molecular weight is 275 g/mol. The van der Waals surface area contributed by atoms with Crippen molar-refractivity contribution in [3.05, 3.63) is 0 Å². The fourth-order valence-electron chi connectivity index (χ4n) is 3.12. The molecule has 0 bridgehead atoms. The molecule has 4 nitrogen and oxygen atoms in total. The van der Waals surface area contributed by atoms with Crippen molar-refractivity contribution in [2.24, 2.45) is 17.1 Å². The summed E-state index contributed by atoms with van der Waals surface area (Å²) in [7, 11) is -2.85. The highest BCUT2D eigenvalue weighted by Gasteiger charge is 2.49. The van der Waals surface area contributed by atoms with Crippen LogP contribution in [0.3, 0.4) is 0 Å². The van der Waals surface area contributed by atoms with Crippen LogP contribution in [0.2, 0.25) is 0 Å². The van der Waals surface area contributed by atoms with E-state index in [2.05, 4.69) is 0 Å². The highest BCUT2D eigenvalue weighted by Crippen LogP contribution is 2.49. The molecular formula is C13H25NO3S. The van der Waals surface area contributed by atoms with E-state index in [-0.39, 0.29) is 17.3 Å². The van der Waals surface area contributed by atoms with Crippen molar-refractivity contribution in [1.82, 2.24) is 0 Å². The second-order valence-electron chi connectivity index (χ2n) is 5.79. The summed E-state index contributed by atoms with van der Waals surface area (Å²) in [6.07, 6.45) is 5.40. The van der Waals surface area contributed by atoms with Crippen molar-refractivity contribution < 1.29 is 13.2 Å². The number of ether oxygens (including phenoxy) is 1. The minimum Gasteiger partial charge on any atom is -0.377 e. The first-order valence-corrected chi connectivity index (χ1v) is 8.87. The Labute approximate surface area is 110 Å². The molecule has 2 N–H and O–H groups in total. The number of rotatable bonds is 7. The molecule has 2 aliphatic rings. The SMILES string of the molecule is CCS(=O)(=O)CCCC1(CN)CCOC1C1CC1. The van der Waals surface area contributed by atoms with Crippen LogP contribution in [0.4, 0.5) is 0 Å². The third kappa shape index (κ3) is 3.06. The first-order chi connectivity index (χ1) is 8.53. The Hall–Kier alpha value is -0.130. The van der Waals surface area contributed by atoms with E-state index in [1.54, 1.807) is 6.92 Å². The third-order valence-electron chi connectivity index (χ3n) is 4.53. The molecule has 0 aromatic rings. The minimum atomic E-state index is -2.85. The van der Waals surface area contributed by atoms with Crippen LogP contribution in [0.1, 0.15) is 39.0 Å². The summed E-state index contributed by atoms with van der Waals surface area (Å²) >= 11 is 0. The fraction of sp³-hybridized carbons (Fsp3) is 1.00. The van der Waals surface area contributed by atoms with E-state index in [4.69, 9.17) is 10.5 Å². The molecule has 0 radical (unpaired) electrons. The summed E-state index contributed by atoms with van der Waals surface area (Å²) in [5.74, 6) is 1.22. The van der Waals surface area contributed by atoms with Gasteiger partial charge in [0.15, 0.2) is 0 Å². The molecule has 106 valence electrons. The van der Waals surface area contributed by atoms with E-state index in [9.17, 15) is 8.42 Å². The summed E-state index contributed by atoms with van der Waals surface area (Å²) in [4.78, 5) is 0. The zero-order valence-corrected chi connectivity index (χ0v) is 12.0. The Morgan fingerprint density at radius 1 is 1.39 bits per heavy atom. The summed E-state index contributed by atoms with van der Waals surface area (Å²) < 4.78 is 28.9. The van der Waals surface area contributed by atoms with Crippen LogP contribution in [0.5, 0.6) is 0 Å². The molecule has 0 aromatic heterocycles. The smallest absolute Gasteiger partial charge is 0.150 e. The van der Waals surface area contributed by atoms with Gasteiger partial charge >= 0.3 is 0 Å². The minimum absolute atomic E-state index is 0.0461. The molecule has 0 aromatic carbocycles. The van der Waals surface area contributed by atoms with Gasteiger partial charge in [-0.15, -0.1) is 0 Å². The molecule has 5 heteroatoms. The summed E-state index contributed by atoms with van der Waals surface area (Å²) in [5.41, 5.74) is 6.02. The standard InChI is InChI=1S/C13H25NO3S/c1-2-18(15,16)9-3-6-13(10-14)7-8-17-12(13)11-4-5-11/h11-12H,2-10,14H2,1H3. The molecule has 2 atom stereocenters. The Balaban J connectivity index is 1.92. The zero-order chi connectivity index (χ0) is 13.2. The van der Waals surface area contributed by atoms with Crippen LogP contribution in [-0.2, 0) is 14.6 Å². The maximum atomic E-state index is 11.5. The van der Waals surface area contributed by atoms with Gasteiger partial charge in [-0.1, -0.05) is 6.92 Å². The summed E-state index contributed by atoms with van der Waals surface area (Å²) in [6, 6.07) is 0. The van der Waals surface area contributed by atoms with E-state index >= 15 is 0 Å². The largest absolute Gasteiger partial charge is 0.377 e. The number of hydrogen-bond donors (Lipinski definition) is 1. The van der Waals surface area contributed by atoms with Gasteiger partial charge in [-0.05, 0) is 38.0 Å². The molecule has 0 spiro atoms. The molecule has 2 fully saturated rings. The maximum absolute atomic E-state index is 11.5. The lowest BCUT2D eigenvalue weighted by Gasteiger charge is -2.33. The fourth-order valence-corrected chi connectivity index (χ4v) is 3.99. The number of hydrogen-bond acceptors (Lipinski definition) is 4. The molecule has 1 heterocycles. The van der Waals surface area contributed by atoms with Gasteiger partial charge in [0.2, 0.25) is 0 Å². The second kappa shape index (κ2) is 5.47. The van der Waals surface area contributed by atoms with Gasteiger partial charge in [0.1, 0.15) is 9.84 Å². The van der Waals surface area contributed by atoms with E-state index in [0.717, 1.165) is 25.9 Å². The van der Waals surface area contributed by atoms with Gasteiger partial charge in [0, 0.05) is 24.3 Å². The van der Waals surface area contributed by atoms with Crippen molar-refractivity contribution in [2.45, 2.75) is 45.1 Å². The molecule has 1 saturated heterocycles. The lowest BCUT2D eigenvalue weighted by Crippen LogP contribution is -2.40. The Morgan fingerprint density at radius 3 is 2.67 bits per heavy atom. The summed E-state index contributed by atoms with van der Waals surface area (Å²) in [5, 5.41) is 0. The predicted octanol–water partition coefficient (Wildman–Crippen LogP) is 1.35. The van der Waals surface area contributed by atoms with Gasteiger partial charge in [-0.25, -0.2) is 8.42 Å². The topological polar surface area (TPSA) is 69.4 Å². The monoisotopic (exact) mass is 275 g/mol. The normalized spacial score (nSPS) is 32.9. The Kier molecular flexibility index (Phi) is 4.34. The second-order valence-corrected chi connectivity index (χ2v) is 8.26. The van der Waals surface area contributed by atoms with Crippen molar-refractivity contribution in [1.29, 1.82) is 0 Å². The molecular weight excluding hydrogens is 250 g/mol. The van der Waals surface area contributed by atoms with Crippen molar-refractivity contribution in [3.8, 4) is 0 Å². The van der Waals surface area contributed by atoms with Crippen molar-refractivity contribution in [2.75, 3.05) is 24.7 Å². The molecule has 2 rings (SSSR count). The molecule has 18 heavy (non-hydrogen) atoms. The van der Waals surface area contributed by atoms with Crippen LogP contribution in [0.15, 0.2) is 0 Å². The highest BCUT2D eigenvalue weighted by atomic mass is 32.2. The average Bonchev–Trinajstić information content (AvgIpc) is 3.11. The van der Waals surface area contributed by atoms with E-state index < -0.39 is 9.84 Å². The predicted molar refractivity (Wildman–Crippen MR) is 72.1 cm³/mol. The Morgan fingerprint density at radius 2 is 2.11 bits per heavy atom. The van der Waals surface area contributed by atoms with Gasteiger partial charge in [-0.3, -0.25) is 0 Å². The lowest BCUT2D eigenvalue weighted by molar-refractivity contribution is 0.0303. The molecule has 2 unspecified atom stereocenters. The first-order valence-electron chi connectivity index (χ1n) is 7.05. The Bertz CT molecular complexity index is 378. The van der Waals surface area contributed by atoms with Gasteiger partial charge in [-0.2, -0.15) is 0 Å². The van der Waals surface area contributed by atoms with E-state index in [0.29, 0.717) is 18.2 Å². The molecule has 1 saturated carbocycles. The summed E-state index contributed by atoms with van der Waals surface area (Å²) in [6.45, 7) is 3.12.